The van der Waals surface area contributed by atoms with Crippen LogP contribution in [0.5, 0.6) is 0 Å². The molecule has 0 aromatic heterocycles. The highest BCUT2D eigenvalue weighted by Crippen LogP contribution is 2.18. The van der Waals surface area contributed by atoms with E-state index in [-0.39, 0.29) is 17.9 Å². The zero-order chi connectivity index (χ0) is 12.8. The molecular formula is C13H23NO4. The first-order chi connectivity index (χ1) is 8.81. The van der Waals surface area contributed by atoms with Crippen molar-refractivity contribution in [3.63, 3.8) is 0 Å². The highest BCUT2D eigenvalue weighted by molar-refractivity contribution is 5.73. The maximum absolute atomic E-state index is 12.0. The second-order valence-corrected chi connectivity index (χ2v) is 5.06. The Hall–Kier alpha value is -0.650. The topological polar surface area (TPSA) is 56.8 Å². The van der Waals surface area contributed by atoms with Gasteiger partial charge in [-0.25, -0.2) is 0 Å². The fourth-order valence-corrected chi connectivity index (χ4v) is 2.34. The molecule has 0 aromatic rings. The molecule has 0 aromatic carbocycles. The maximum atomic E-state index is 12.0. The van der Waals surface area contributed by atoms with E-state index >= 15 is 0 Å². The van der Waals surface area contributed by atoms with Crippen molar-refractivity contribution >= 4 is 5.97 Å². The summed E-state index contributed by atoms with van der Waals surface area (Å²) in [5.41, 5.74) is 0. The lowest BCUT2D eigenvalue weighted by atomic mass is 10.0. The van der Waals surface area contributed by atoms with Gasteiger partial charge in [-0.2, -0.15) is 0 Å². The molecule has 0 aliphatic carbocycles. The first-order valence-electron chi connectivity index (χ1n) is 6.86. The largest absolute Gasteiger partial charge is 0.465 e. The minimum Gasteiger partial charge on any atom is -0.465 e. The lowest BCUT2D eigenvalue weighted by molar-refractivity contribution is -0.150. The SMILES string of the molecule is CCCNC1COCC1C(=O)OCC1CCOC1. The van der Waals surface area contributed by atoms with Crippen molar-refractivity contribution in [3.05, 3.63) is 0 Å². The Kier molecular flexibility index (Phi) is 5.41. The van der Waals surface area contributed by atoms with Gasteiger partial charge in [-0.3, -0.25) is 4.79 Å². The second-order valence-electron chi connectivity index (χ2n) is 5.06. The van der Waals surface area contributed by atoms with E-state index in [9.17, 15) is 4.79 Å². The van der Waals surface area contributed by atoms with Gasteiger partial charge in [0.15, 0.2) is 0 Å². The van der Waals surface area contributed by atoms with Gasteiger partial charge >= 0.3 is 5.97 Å². The Labute approximate surface area is 108 Å². The quantitative estimate of drug-likeness (QED) is 0.705. The summed E-state index contributed by atoms with van der Waals surface area (Å²) in [4.78, 5) is 12.0. The Balaban J connectivity index is 1.72. The summed E-state index contributed by atoms with van der Waals surface area (Å²) in [5.74, 6) is 0.0881. The molecule has 5 nitrogen and oxygen atoms in total. The third-order valence-electron chi connectivity index (χ3n) is 3.53. The van der Waals surface area contributed by atoms with Crippen LogP contribution in [0, 0.1) is 11.8 Å². The molecule has 0 radical (unpaired) electrons. The highest BCUT2D eigenvalue weighted by Gasteiger charge is 2.35. The molecule has 2 heterocycles. The summed E-state index contributed by atoms with van der Waals surface area (Å²) < 4.78 is 16.0. The first kappa shape index (κ1) is 13.8. The summed E-state index contributed by atoms with van der Waals surface area (Å²) in [6.07, 6.45) is 2.05. The molecule has 3 atom stereocenters. The second kappa shape index (κ2) is 7.07. The molecule has 0 saturated carbocycles. The molecule has 2 aliphatic heterocycles. The standard InChI is InChI=1S/C13H23NO4/c1-2-4-14-12-9-17-8-11(12)13(15)18-7-10-3-5-16-6-10/h10-12,14H,2-9H2,1H3. The lowest BCUT2D eigenvalue weighted by Crippen LogP contribution is -2.40. The predicted octanol–water partition coefficient (Wildman–Crippen LogP) is 0.581. The van der Waals surface area contributed by atoms with E-state index in [1.54, 1.807) is 0 Å². The fraction of sp³-hybridized carbons (Fsp3) is 0.923. The van der Waals surface area contributed by atoms with E-state index in [2.05, 4.69) is 12.2 Å². The molecule has 18 heavy (non-hydrogen) atoms. The van der Waals surface area contributed by atoms with Crippen molar-refractivity contribution < 1.29 is 19.0 Å². The number of carbonyl (C=O) groups is 1. The molecule has 2 fully saturated rings. The van der Waals surface area contributed by atoms with E-state index in [1.807, 2.05) is 0 Å². The van der Waals surface area contributed by atoms with Crippen LogP contribution in [0.15, 0.2) is 0 Å². The third kappa shape index (κ3) is 3.67. The van der Waals surface area contributed by atoms with Gasteiger partial charge in [0.1, 0.15) is 0 Å². The highest BCUT2D eigenvalue weighted by atomic mass is 16.5. The average Bonchev–Trinajstić information content (AvgIpc) is 3.04. The van der Waals surface area contributed by atoms with Crippen molar-refractivity contribution in [2.24, 2.45) is 11.8 Å². The molecule has 2 rings (SSSR count). The summed E-state index contributed by atoms with van der Waals surface area (Å²) in [6, 6.07) is 0.109. The van der Waals surface area contributed by atoms with E-state index in [0.717, 1.165) is 26.0 Å². The maximum Gasteiger partial charge on any atom is 0.312 e. The van der Waals surface area contributed by atoms with Gasteiger partial charge in [0, 0.05) is 18.6 Å². The summed E-state index contributed by atoms with van der Waals surface area (Å²) in [5, 5.41) is 3.34. The van der Waals surface area contributed by atoms with Gasteiger partial charge in [-0.1, -0.05) is 6.92 Å². The average molecular weight is 257 g/mol. The lowest BCUT2D eigenvalue weighted by Gasteiger charge is -2.18. The molecule has 0 spiro atoms. The fourth-order valence-electron chi connectivity index (χ4n) is 2.34. The Bertz CT molecular complexity index is 266. The minimum atomic E-state index is -0.154. The van der Waals surface area contributed by atoms with Gasteiger partial charge in [-0.05, 0) is 19.4 Å². The minimum absolute atomic E-state index is 0.109. The van der Waals surface area contributed by atoms with Crippen LogP contribution in [0.3, 0.4) is 0 Å². The number of hydrogen-bond donors (Lipinski definition) is 1. The van der Waals surface area contributed by atoms with Crippen molar-refractivity contribution in [1.29, 1.82) is 0 Å². The molecule has 0 bridgehead atoms. The van der Waals surface area contributed by atoms with Gasteiger partial charge < -0.3 is 19.5 Å². The number of rotatable bonds is 6. The predicted molar refractivity (Wildman–Crippen MR) is 66.3 cm³/mol. The van der Waals surface area contributed by atoms with Crippen molar-refractivity contribution in [2.45, 2.75) is 25.8 Å². The molecule has 104 valence electrons. The molecule has 1 N–H and O–H groups in total. The van der Waals surface area contributed by atoms with Crippen molar-refractivity contribution in [2.75, 3.05) is 39.6 Å². The smallest absolute Gasteiger partial charge is 0.312 e. The zero-order valence-corrected chi connectivity index (χ0v) is 11.0. The summed E-state index contributed by atoms with van der Waals surface area (Å²) >= 11 is 0. The van der Waals surface area contributed by atoms with Gasteiger partial charge in [-0.15, -0.1) is 0 Å². The van der Waals surface area contributed by atoms with Crippen LogP contribution < -0.4 is 5.32 Å². The van der Waals surface area contributed by atoms with Crippen LogP contribution in [0.4, 0.5) is 0 Å². The van der Waals surface area contributed by atoms with Crippen LogP contribution in [-0.2, 0) is 19.0 Å². The number of esters is 1. The zero-order valence-electron chi connectivity index (χ0n) is 11.0. The number of carbonyl (C=O) groups excluding carboxylic acids is 1. The van der Waals surface area contributed by atoms with Gasteiger partial charge in [0.25, 0.3) is 0 Å². The molecule has 2 aliphatic rings. The van der Waals surface area contributed by atoms with Crippen LogP contribution in [0.1, 0.15) is 19.8 Å². The molecule has 3 unspecified atom stereocenters. The van der Waals surface area contributed by atoms with Crippen LogP contribution in [-0.4, -0.2) is 51.6 Å². The summed E-state index contributed by atoms with van der Waals surface area (Å²) in [6.45, 7) is 6.08. The Morgan fingerprint density at radius 3 is 2.94 bits per heavy atom. The first-order valence-corrected chi connectivity index (χ1v) is 6.86. The summed E-state index contributed by atoms with van der Waals surface area (Å²) in [7, 11) is 0. The monoisotopic (exact) mass is 257 g/mol. The third-order valence-corrected chi connectivity index (χ3v) is 3.53. The molecule has 2 saturated heterocycles. The van der Waals surface area contributed by atoms with E-state index in [0.29, 0.717) is 32.3 Å². The molecular weight excluding hydrogens is 234 g/mol. The number of hydrogen-bond acceptors (Lipinski definition) is 5. The van der Waals surface area contributed by atoms with E-state index in [4.69, 9.17) is 14.2 Å². The van der Waals surface area contributed by atoms with Crippen LogP contribution in [0.25, 0.3) is 0 Å². The van der Waals surface area contributed by atoms with E-state index in [1.165, 1.54) is 0 Å². The van der Waals surface area contributed by atoms with Gasteiger partial charge in [0.05, 0.1) is 32.3 Å². The Morgan fingerprint density at radius 2 is 2.22 bits per heavy atom. The molecule has 5 heteroatoms. The molecule has 0 amide bonds. The van der Waals surface area contributed by atoms with Crippen LogP contribution in [0.2, 0.25) is 0 Å². The number of nitrogens with one attached hydrogen (secondary N) is 1. The van der Waals surface area contributed by atoms with Crippen molar-refractivity contribution in [1.82, 2.24) is 5.32 Å². The van der Waals surface area contributed by atoms with Crippen LogP contribution >= 0.6 is 0 Å². The van der Waals surface area contributed by atoms with E-state index < -0.39 is 0 Å². The number of ether oxygens (including phenoxy) is 3. The van der Waals surface area contributed by atoms with Crippen molar-refractivity contribution in [3.8, 4) is 0 Å². The Morgan fingerprint density at radius 1 is 1.33 bits per heavy atom. The van der Waals surface area contributed by atoms with Gasteiger partial charge in [0.2, 0.25) is 0 Å². The normalized spacial score (nSPS) is 31.7.